The summed E-state index contributed by atoms with van der Waals surface area (Å²) in [5.41, 5.74) is 5.47. The zero-order valence-electron chi connectivity index (χ0n) is 7.96. The first kappa shape index (κ1) is 11.2. The van der Waals surface area contributed by atoms with E-state index in [0.29, 0.717) is 12.4 Å². The lowest BCUT2D eigenvalue weighted by Gasteiger charge is -2.09. The molecule has 3 nitrogen and oxygen atoms in total. The highest BCUT2D eigenvalue weighted by Gasteiger charge is 2.04. The predicted octanol–water partition coefficient (Wildman–Crippen LogP) is 1.23. The van der Waals surface area contributed by atoms with Crippen molar-refractivity contribution in [3.8, 4) is 0 Å². The van der Waals surface area contributed by atoms with E-state index < -0.39 is 0 Å². The molecular formula is C9H17NO2. The minimum Gasteiger partial charge on any atom is -0.489 e. The summed E-state index contributed by atoms with van der Waals surface area (Å²) < 4.78 is 5.19. The number of nitrogens with two attached hydrogens (primary N) is 1. The molecule has 0 heterocycles. The van der Waals surface area contributed by atoms with Crippen LogP contribution < -0.4 is 5.73 Å². The molecule has 0 saturated heterocycles. The summed E-state index contributed by atoms with van der Waals surface area (Å²) >= 11 is 0. The van der Waals surface area contributed by atoms with Gasteiger partial charge in [0.1, 0.15) is 6.61 Å². The number of allylic oxidation sites excluding steroid dienone is 2. The Morgan fingerprint density at radius 1 is 1.67 bits per heavy atom. The Hall–Kier alpha value is -0.830. The number of ketones is 1. The highest BCUT2D eigenvalue weighted by molar-refractivity contribution is 5.91. The van der Waals surface area contributed by atoms with Crippen LogP contribution in [0.25, 0.3) is 0 Å². The molecule has 0 aliphatic heterocycles. The molecule has 12 heavy (non-hydrogen) atoms. The van der Waals surface area contributed by atoms with E-state index in [9.17, 15) is 4.79 Å². The molecule has 0 aromatic carbocycles. The monoisotopic (exact) mass is 171 g/mol. The summed E-state index contributed by atoms with van der Waals surface area (Å²) in [6.07, 6.45) is 2.57. The van der Waals surface area contributed by atoms with Crippen LogP contribution >= 0.6 is 0 Å². The summed E-state index contributed by atoms with van der Waals surface area (Å²) in [5, 5.41) is 0. The van der Waals surface area contributed by atoms with Crippen LogP contribution in [0.15, 0.2) is 11.8 Å². The van der Waals surface area contributed by atoms with Gasteiger partial charge in [-0.3, -0.25) is 4.79 Å². The number of rotatable bonds is 5. The van der Waals surface area contributed by atoms with Gasteiger partial charge in [0.2, 0.25) is 0 Å². The van der Waals surface area contributed by atoms with E-state index in [4.69, 9.17) is 10.5 Å². The first-order valence-electron chi connectivity index (χ1n) is 4.17. The summed E-state index contributed by atoms with van der Waals surface area (Å²) in [7, 11) is 0. The van der Waals surface area contributed by atoms with E-state index >= 15 is 0 Å². The molecule has 0 aromatic rings. The maximum atomic E-state index is 10.9. The summed E-state index contributed by atoms with van der Waals surface area (Å²) in [5.74, 6) is 0.382. The molecule has 0 spiro atoms. The summed E-state index contributed by atoms with van der Waals surface area (Å²) in [6.45, 7) is 5.68. The molecule has 0 bridgehead atoms. The molecule has 0 aliphatic carbocycles. The highest BCUT2D eigenvalue weighted by atomic mass is 16.5. The van der Waals surface area contributed by atoms with Gasteiger partial charge in [0.25, 0.3) is 0 Å². The van der Waals surface area contributed by atoms with E-state index in [1.165, 1.54) is 6.92 Å². The van der Waals surface area contributed by atoms with Crippen molar-refractivity contribution >= 4 is 5.78 Å². The third-order valence-electron chi connectivity index (χ3n) is 1.24. The number of Topliss-reactive ketones (excluding diaryl/α,β-unsaturated/α-hetero) is 1. The van der Waals surface area contributed by atoms with Crippen LogP contribution in [-0.2, 0) is 9.53 Å². The molecule has 0 amide bonds. The van der Waals surface area contributed by atoms with Crippen LogP contribution in [0.5, 0.6) is 0 Å². The second-order valence-corrected chi connectivity index (χ2v) is 2.82. The van der Waals surface area contributed by atoms with Crippen molar-refractivity contribution in [3.05, 3.63) is 11.8 Å². The first-order chi connectivity index (χ1) is 5.57. The van der Waals surface area contributed by atoms with Crippen molar-refractivity contribution < 1.29 is 9.53 Å². The minimum atomic E-state index is -0.0440. The van der Waals surface area contributed by atoms with Crippen LogP contribution in [-0.4, -0.2) is 18.4 Å². The normalized spacial score (nSPS) is 14.2. The molecule has 2 N–H and O–H groups in total. The Kier molecular flexibility index (Phi) is 5.37. The van der Waals surface area contributed by atoms with Crippen molar-refractivity contribution in [2.75, 3.05) is 6.61 Å². The van der Waals surface area contributed by atoms with Crippen molar-refractivity contribution in [3.63, 3.8) is 0 Å². The lowest BCUT2D eigenvalue weighted by Crippen LogP contribution is -2.22. The van der Waals surface area contributed by atoms with E-state index in [-0.39, 0.29) is 11.8 Å². The zero-order chi connectivity index (χ0) is 9.56. The van der Waals surface area contributed by atoms with Crippen LogP contribution in [0, 0.1) is 0 Å². The van der Waals surface area contributed by atoms with Gasteiger partial charge in [-0.15, -0.1) is 0 Å². The second-order valence-electron chi connectivity index (χ2n) is 2.82. The largest absolute Gasteiger partial charge is 0.489 e. The average molecular weight is 171 g/mol. The Morgan fingerprint density at radius 3 is 2.58 bits per heavy atom. The van der Waals surface area contributed by atoms with Gasteiger partial charge in [-0.1, -0.05) is 6.92 Å². The molecule has 0 aromatic heterocycles. The lowest BCUT2D eigenvalue weighted by molar-refractivity contribution is -0.117. The van der Waals surface area contributed by atoms with Gasteiger partial charge in [-0.25, -0.2) is 0 Å². The van der Waals surface area contributed by atoms with E-state index in [1.807, 2.05) is 13.8 Å². The van der Waals surface area contributed by atoms with Crippen LogP contribution in [0.1, 0.15) is 27.2 Å². The molecular weight excluding hydrogens is 154 g/mol. The topological polar surface area (TPSA) is 52.3 Å². The van der Waals surface area contributed by atoms with Gasteiger partial charge in [-0.05, 0) is 19.4 Å². The van der Waals surface area contributed by atoms with Crippen molar-refractivity contribution in [1.29, 1.82) is 0 Å². The van der Waals surface area contributed by atoms with Gasteiger partial charge in [0.15, 0.2) is 11.5 Å². The zero-order valence-corrected chi connectivity index (χ0v) is 7.96. The Bertz CT molecular complexity index is 173. The van der Waals surface area contributed by atoms with E-state index in [0.717, 1.165) is 6.42 Å². The number of carbonyl (C=O) groups is 1. The summed E-state index contributed by atoms with van der Waals surface area (Å²) in [4.78, 5) is 10.9. The Labute approximate surface area is 73.6 Å². The molecule has 0 fully saturated rings. The maximum Gasteiger partial charge on any atom is 0.193 e. The fourth-order valence-corrected chi connectivity index (χ4v) is 0.711. The molecule has 1 atom stereocenters. The lowest BCUT2D eigenvalue weighted by atomic mass is 10.3. The maximum absolute atomic E-state index is 10.9. The number of hydrogen-bond donors (Lipinski definition) is 1. The third kappa shape index (κ3) is 4.91. The van der Waals surface area contributed by atoms with Crippen LogP contribution in [0.4, 0.5) is 0 Å². The van der Waals surface area contributed by atoms with Gasteiger partial charge in [0.05, 0.1) is 0 Å². The quantitative estimate of drug-likeness (QED) is 0.500. The molecule has 0 aliphatic rings. The van der Waals surface area contributed by atoms with Gasteiger partial charge >= 0.3 is 0 Å². The van der Waals surface area contributed by atoms with Crippen molar-refractivity contribution in [2.24, 2.45) is 5.73 Å². The third-order valence-corrected chi connectivity index (χ3v) is 1.24. The van der Waals surface area contributed by atoms with E-state index in [1.54, 1.807) is 6.08 Å². The molecule has 70 valence electrons. The number of hydrogen-bond acceptors (Lipinski definition) is 3. The minimum absolute atomic E-state index is 0.0374. The SMILES string of the molecule is CC/C=C(/OCC(C)N)C(C)=O. The van der Waals surface area contributed by atoms with Crippen LogP contribution in [0.2, 0.25) is 0 Å². The Balaban J connectivity index is 3.97. The molecule has 3 heteroatoms. The van der Waals surface area contributed by atoms with Crippen molar-refractivity contribution in [2.45, 2.75) is 33.2 Å². The fourth-order valence-electron chi connectivity index (χ4n) is 0.711. The van der Waals surface area contributed by atoms with E-state index in [2.05, 4.69) is 0 Å². The smallest absolute Gasteiger partial charge is 0.193 e. The average Bonchev–Trinajstić information content (AvgIpc) is 1.96. The Morgan fingerprint density at radius 2 is 2.25 bits per heavy atom. The van der Waals surface area contributed by atoms with Gasteiger partial charge < -0.3 is 10.5 Å². The fraction of sp³-hybridized carbons (Fsp3) is 0.667. The molecule has 0 saturated carbocycles. The van der Waals surface area contributed by atoms with Gasteiger partial charge in [0, 0.05) is 13.0 Å². The summed E-state index contributed by atoms with van der Waals surface area (Å²) in [6, 6.07) is -0.0374. The second kappa shape index (κ2) is 5.77. The van der Waals surface area contributed by atoms with Crippen molar-refractivity contribution in [1.82, 2.24) is 0 Å². The first-order valence-corrected chi connectivity index (χ1v) is 4.17. The number of ether oxygens (including phenoxy) is 1. The number of carbonyl (C=O) groups excluding carboxylic acids is 1. The highest BCUT2D eigenvalue weighted by Crippen LogP contribution is 2.01. The standard InChI is InChI=1S/C9H17NO2/c1-4-5-9(8(3)11)12-6-7(2)10/h5,7H,4,6,10H2,1-3H3/b9-5+. The van der Waals surface area contributed by atoms with Crippen LogP contribution in [0.3, 0.4) is 0 Å². The van der Waals surface area contributed by atoms with Gasteiger partial charge in [-0.2, -0.15) is 0 Å². The predicted molar refractivity (Wildman–Crippen MR) is 48.7 cm³/mol. The molecule has 0 radical (unpaired) electrons. The molecule has 1 unspecified atom stereocenters. The molecule has 0 rings (SSSR count).